The molecule has 0 aromatic heterocycles. The molecule has 3 rings (SSSR count). The van der Waals surface area contributed by atoms with Crippen LogP contribution in [0.2, 0.25) is 0 Å². The van der Waals surface area contributed by atoms with E-state index in [1.165, 1.54) is 32.3 Å². The number of aromatic hydroxyl groups is 1. The Morgan fingerprint density at radius 1 is 1.14 bits per heavy atom. The Bertz CT molecular complexity index is 1330. The Labute approximate surface area is 215 Å². The zero-order valence-corrected chi connectivity index (χ0v) is 23.1. The average molecular weight is 536 g/mol. The standard InChI is InChI=1S/C24H33N5O5S2/c1-8-34-18-14-16(13-12-15(18)2)21(24(3,4)5)26-23-22(27-35(31)28-23)25-17-10-9-11-19(20(17)30)36(32,33)29(6)7/h9-14,21,30H,8H2,1-7H3,(H,25,27)(H,26,28)/t21-,35?/m0/s1. The lowest BCUT2D eigenvalue weighted by Crippen LogP contribution is -2.41. The molecule has 1 aliphatic rings. The SMILES string of the molecule is CCOc1cc([C@H](NC2=NS(=O)N=C2Nc2cccc(S(=O)(=O)N(C)C)c2O)C(C)(C)C)ccc1C. The minimum Gasteiger partial charge on any atom is -0.504 e. The maximum Gasteiger partial charge on any atom is 0.269 e. The fourth-order valence-electron chi connectivity index (χ4n) is 3.64. The molecule has 0 aliphatic carbocycles. The predicted molar refractivity (Wildman–Crippen MR) is 143 cm³/mol. The Morgan fingerprint density at radius 2 is 1.81 bits per heavy atom. The first-order valence-electron chi connectivity index (χ1n) is 11.4. The molecule has 3 N–H and O–H groups in total. The maximum absolute atomic E-state index is 12.6. The van der Waals surface area contributed by atoms with E-state index in [0.29, 0.717) is 6.61 Å². The Morgan fingerprint density at radius 3 is 2.42 bits per heavy atom. The molecular weight excluding hydrogens is 502 g/mol. The largest absolute Gasteiger partial charge is 0.504 e. The molecule has 0 bridgehead atoms. The number of anilines is 1. The number of hydrogen-bond acceptors (Lipinski definition) is 7. The topological polar surface area (TPSA) is 133 Å². The van der Waals surface area contributed by atoms with Crippen LogP contribution in [0.4, 0.5) is 5.69 Å². The van der Waals surface area contributed by atoms with Crippen LogP contribution in [-0.2, 0) is 21.2 Å². The minimum absolute atomic E-state index is 0.0892. The number of ether oxygens (including phenoxy) is 1. The second-order valence-corrected chi connectivity index (χ2v) is 12.5. The van der Waals surface area contributed by atoms with Crippen molar-refractivity contribution in [2.24, 2.45) is 14.2 Å². The van der Waals surface area contributed by atoms with Gasteiger partial charge >= 0.3 is 0 Å². The lowest BCUT2D eigenvalue weighted by atomic mass is 9.82. The number of benzene rings is 2. The molecule has 196 valence electrons. The van der Waals surface area contributed by atoms with Crippen molar-refractivity contribution in [1.29, 1.82) is 0 Å². The zero-order valence-electron chi connectivity index (χ0n) is 21.5. The lowest BCUT2D eigenvalue weighted by Gasteiger charge is -2.33. The van der Waals surface area contributed by atoms with Crippen LogP contribution in [0.25, 0.3) is 0 Å². The van der Waals surface area contributed by atoms with Crippen LogP contribution >= 0.6 is 0 Å². The molecule has 1 unspecified atom stereocenters. The summed E-state index contributed by atoms with van der Waals surface area (Å²) in [4.78, 5) is -0.264. The number of amidine groups is 2. The molecule has 0 radical (unpaired) electrons. The molecule has 10 nitrogen and oxygen atoms in total. The van der Waals surface area contributed by atoms with Crippen molar-refractivity contribution in [1.82, 2.24) is 9.62 Å². The summed E-state index contributed by atoms with van der Waals surface area (Å²) in [7, 11) is -1.13. The van der Waals surface area contributed by atoms with Crippen molar-refractivity contribution in [2.75, 3.05) is 26.0 Å². The molecule has 0 saturated heterocycles. The number of sulfonamides is 1. The molecule has 2 atom stereocenters. The van der Waals surface area contributed by atoms with Crippen molar-refractivity contribution in [3.8, 4) is 11.5 Å². The third-order valence-corrected chi connectivity index (χ3v) is 8.09. The summed E-state index contributed by atoms with van der Waals surface area (Å²) >= 11 is -1.89. The van der Waals surface area contributed by atoms with E-state index in [-0.39, 0.29) is 33.7 Å². The first kappa shape index (κ1) is 27.6. The highest BCUT2D eigenvalue weighted by atomic mass is 32.2. The number of hydrogen-bond donors (Lipinski definition) is 3. The highest BCUT2D eigenvalue weighted by Gasteiger charge is 2.32. The van der Waals surface area contributed by atoms with E-state index in [1.54, 1.807) is 0 Å². The number of para-hydroxylation sites is 1. The van der Waals surface area contributed by atoms with E-state index in [1.807, 2.05) is 32.0 Å². The Balaban J connectivity index is 1.95. The molecule has 0 fully saturated rings. The first-order chi connectivity index (χ1) is 16.8. The van der Waals surface area contributed by atoms with E-state index < -0.39 is 26.9 Å². The van der Waals surface area contributed by atoms with Gasteiger partial charge in [0.05, 0.1) is 18.3 Å². The van der Waals surface area contributed by atoms with Gasteiger partial charge in [-0.1, -0.05) is 39.0 Å². The van der Waals surface area contributed by atoms with Gasteiger partial charge in [0.15, 0.2) is 17.4 Å². The number of rotatable bonds is 7. The van der Waals surface area contributed by atoms with Crippen molar-refractivity contribution in [2.45, 2.75) is 45.6 Å². The molecular formula is C24H33N5O5S2. The van der Waals surface area contributed by atoms with Crippen LogP contribution in [0.15, 0.2) is 50.1 Å². The van der Waals surface area contributed by atoms with Crippen LogP contribution in [0.3, 0.4) is 0 Å². The van der Waals surface area contributed by atoms with Crippen LogP contribution in [0.5, 0.6) is 11.5 Å². The summed E-state index contributed by atoms with van der Waals surface area (Å²) in [6.07, 6.45) is 0. The predicted octanol–water partition coefficient (Wildman–Crippen LogP) is 3.53. The second kappa shape index (κ2) is 10.6. The molecule has 0 saturated carbocycles. The smallest absolute Gasteiger partial charge is 0.269 e. The van der Waals surface area contributed by atoms with Crippen LogP contribution in [0.1, 0.15) is 44.9 Å². The van der Waals surface area contributed by atoms with Crippen LogP contribution in [-0.4, -0.2) is 54.4 Å². The van der Waals surface area contributed by atoms with Gasteiger partial charge in [0, 0.05) is 14.1 Å². The summed E-state index contributed by atoms with van der Waals surface area (Å²) in [5.41, 5.74) is 1.75. The Hall–Kier alpha value is -2.96. The third-order valence-electron chi connectivity index (χ3n) is 5.57. The molecule has 0 amide bonds. The van der Waals surface area contributed by atoms with Gasteiger partial charge in [-0.25, -0.2) is 16.9 Å². The number of nitrogens with one attached hydrogen (secondary N) is 2. The van der Waals surface area contributed by atoms with Gasteiger partial charge in [0.1, 0.15) is 10.6 Å². The van der Waals surface area contributed by atoms with Crippen molar-refractivity contribution in [3.05, 3.63) is 47.5 Å². The number of phenols is 1. The number of nitrogens with zero attached hydrogens (tertiary/aromatic N) is 3. The minimum atomic E-state index is -3.89. The van der Waals surface area contributed by atoms with E-state index in [4.69, 9.17) is 4.74 Å². The quantitative estimate of drug-likeness (QED) is 0.462. The summed E-state index contributed by atoms with van der Waals surface area (Å²) < 4.78 is 52.4. The van der Waals surface area contributed by atoms with Crippen molar-refractivity contribution >= 4 is 38.6 Å². The van der Waals surface area contributed by atoms with Gasteiger partial charge < -0.3 is 20.5 Å². The lowest BCUT2D eigenvalue weighted by molar-refractivity contribution is 0.300. The summed E-state index contributed by atoms with van der Waals surface area (Å²) in [6.45, 7) is 10.6. The first-order valence-corrected chi connectivity index (χ1v) is 13.9. The fourth-order valence-corrected chi connectivity index (χ4v) is 5.26. The normalized spacial score (nSPS) is 16.9. The van der Waals surface area contributed by atoms with Gasteiger partial charge in [-0.2, -0.15) is 0 Å². The molecule has 36 heavy (non-hydrogen) atoms. The van der Waals surface area contributed by atoms with Gasteiger partial charge in [0.25, 0.3) is 11.2 Å². The number of aryl methyl sites for hydroxylation is 1. The van der Waals surface area contributed by atoms with Gasteiger partial charge in [-0.3, -0.25) is 0 Å². The van der Waals surface area contributed by atoms with Gasteiger partial charge in [-0.05, 0) is 48.6 Å². The molecule has 2 aromatic rings. The van der Waals surface area contributed by atoms with E-state index in [0.717, 1.165) is 21.2 Å². The van der Waals surface area contributed by atoms with E-state index >= 15 is 0 Å². The van der Waals surface area contributed by atoms with Gasteiger partial charge in [-0.15, -0.1) is 8.80 Å². The summed E-state index contributed by atoms with van der Waals surface area (Å²) in [5, 5.41) is 16.9. The monoisotopic (exact) mass is 535 g/mol. The molecule has 1 heterocycles. The van der Waals surface area contributed by atoms with E-state index in [9.17, 15) is 17.7 Å². The second-order valence-electron chi connectivity index (χ2n) is 9.58. The molecule has 2 aromatic carbocycles. The van der Waals surface area contributed by atoms with Crippen LogP contribution in [0, 0.1) is 12.3 Å². The van der Waals surface area contributed by atoms with Crippen LogP contribution < -0.4 is 15.4 Å². The van der Waals surface area contributed by atoms with Gasteiger partial charge in [0.2, 0.25) is 10.0 Å². The Kier molecular flexibility index (Phi) is 8.11. The third kappa shape index (κ3) is 5.88. The number of phenolic OH excluding ortho intramolecular Hbond substituents is 1. The zero-order chi connectivity index (χ0) is 26.8. The fraction of sp³-hybridized carbons (Fsp3) is 0.417. The highest BCUT2D eigenvalue weighted by Crippen LogP contribution is 2.36. The maximum atomic E-state index is 12.6. The van der Waals surface area contributed by atoms with Crippen molar-refractivity contribution in [3.63, 3.8) is 0 Å². The molecule has 1 aliphatic heterocycles. The summed E-state index contributed by atoms with van der Waals surface area (Å²) in [6, 6.07) is 9.99. The molecule has 0 spiro atoms. The van der Waals surface area contributed by atoms with Crippen molar-refractivity contribution < 1.29 is 22.5 Å². The average Bonchev–Trinajstić information content (AvgIpc) is 3.13. The highest BCUT2D eigenvalue weighted by molar-refractivity contribution is 7.89. The molecule has 12 heteroatoms. The summed E-state index contributed by atoms with van der Waals surface area (Å²) in [5.74, 6) is 0.651. The van der Waals surface area contributed by atoms with E-state index in [2.05, 4.69) is 40.2 Å².